The van der Waals surface area contributed by atoms with Crippen molar-refractivity contribution in [1.29, 1.82) is 0 Å². The summed E-state index contributed by atoms with van der Waals surface area (Å²) in [5, 5.41) is 10.4. The zero-order valence-electron chi connectivity index (χ0n) is 12.6. The monoisotopic (exact) mass is 287 g/mol. The summed E-state index contributed by atoms with van der Waals surface area (Å²) < 4.78 is 1.84. The standard InChI is InChI=1S/C15H21N5O/c1-10(2)14-11(9-20(3)19-14)8-17-12-4-6-13(7-5-12)18-15(16)21/h4-7,9-10,17H,8H2,1-3H3,(H3,16,18,21). The average molecular weight is 287 g/mol. The van der Waals surface area contributed by atoms with Gasteiger partial charge in [-0.05, 0) is 30.2 Å². The van der Waals surface area contributed by atoms with Crippen LogP contribution in [-0.2, 0) is 13.6 Å². The minimum absolute atomic E-state index is 0.394. The zero-order valence-corrected chi connectivity index (χ0v) is 12.6. The van der Waals surface area contributed by atoms with Crippen LogP contribution in [0.25, 0.3) is 0 Å². The number of carbonyl (C=O) groups excluding carboxylic acids is 1. The third-order valence-electron chi connectivity index (χ3n) is 3.12. The Balaban J connectivity index is 2.01. The minimum Gasteiger partial charge on any atom is -0.381 e. The second kappa shape index (κ2) is 6.30. The Morgan fingerprint density at radius 1 is 1.29 bits per heavy atom. The number of hydrogen-bond donors (Lipinski definition) is 3. The van der Waals surface area contributed by atoms with Crippen molar-refractivity contribution in [3.05, 3.63) is 41.7 Å². The van der Waals surface area contributed by atoms with Crippen LogP contribution >= 0.6 is 0 Å². The molecule has 0 unspecified atom stereocenters. The number of hydrogen-bond acceptors (Lipinski definition) is 3. The molecule has 1 aromatic heterocycles. The predicted molar refractivity (Wildman–Crippen MR) is 84.3 cm³/mol. The van der Waals surface area contributed by atoms with Gasteiger partial charge in [-0.1, -0.05) is 13.8 Å². The van der Waals surface area contributed by atoms with E-state index in [-0.39, 0.29) is 0 Å². The molecular weight excluding hydrogens is 266 g/mol. The van der Waals surface area contributed by atoms with Gasteiger partial charge in [0.05, 0.1) is 5.69 Å². The van der Waals surface area contributed by atoms with Crippen LogP contribution in [-0.4, -0.2) is 15.8 Å². The highest BCUT2D eigenvalue weighted by atomic mass is 16.2. The van der Waals surface area contributed by atoms with Crippen molar-refractivity contribution >= 4 is 17.4 Å². The topological polar surface area (TPSA) is 85.0 Å². The number of nitrogens with one attached hydrogen (secondary N) is 2. The molecule has 0 saturated heterocycles. The van der Waals surface area contributed by atoms with Crippen LogP contribution in [0.3, 0.4) is 0 Å². The van der Waals surface area contributed by atoms with Crippen molar-refractivity contribution in [3.8, 4) is 0 Å². The maximum Gasteiger partial charge on any atom is 0.316 e. The SMILES string of the molecule is CC(C)c1nn(C)cc1CNc1ccc(NC(N)=O)cc1. The van der Waals surface area contributed by atoms with Crippen molar-refractivity contribution in [1.82, 2.24) is 9.78 Å². The lowest BCUT2D eigenvalue weighted by atomic mass is 10.1. The molecule has 1 heterocycles. The summed E-state index contributed by atoms with van der Waals surface area (Å²) >= 11 is 0. The van der Waals surface area contributed by atoms with Crippen molar-refractivity contribution in [2.24, 2.45) is 12.8 Å². The summed E-state index contributed by atoms with van der Waals surface area (Å²) in [6.45, 7) is 4.98. The Kier molecular flexibility index (Phi) is 4.47. The molecule has 0 spiro atoms. The number of aromatic nitrogens is 2. The van der Waals surface area contributed by atoms with Crippen LogP contribution in [0.4, 0.5) is 16.2 Å². The number of aryl methyl sites for hydroxylation is 1. The number of primary amides is 1. The van der Waals surface area contributed by atoms with Crippen LogP contribution in [0.5, 0.6) is 0 Å². The second-order valence-electron chi connectivity index (χ2n) is 5.29. The molecule has 6 heteroatoms. The van der Waals surface area contributed by atoms with E-state index < -0.39 is 6.03 Å². The number of carbonyl (C=O) groups is 1. The number of urea groups is 1. The van der Waals surface area contributed by atoms with Gasteiger partial charge in [0, 0.05) is 36.7 Å². The molecule has 0 fully saturated rings. The molecule has 4 N–H and O–H groups in total. The third kappa shape index (κ3) is 3.98. The first-order valence-corrected chi connectivity index (χ1v) is 6.88. The largest absolute Gasteiger partial charge is 0.381 e. The first-order valence-electron chi connectivity index (χ1n) is 6.88. The predicted octanol–water partition coefficient (Wildman–Crippen LogP) is 2.65. The van der Waals surface area contributed by atoms with E-state index >= 15 is 0 Å². The molecule has 112 valence electrons. The minimum atomic E-state index is -0.562. The maximum atomic E-state index is 10.8. The van der Waals surface area contributed by atoms with E-state index in [4.69, 9.17) is 5.73 Å². The number of amides is 2. The van der Waals surface area contributed by atoms with Crippen molar-refractivity contribution in [3.63, 3.8) is 0 Å². The van der Waals surface area contributed by atoms with E-state index in [1.165, 1.54) is 5.56 Å². The quantitative estimate of drug-likeness (QED) is 0.790. The Morgan fingerprint density at radius 3 is 2.48 bits per heavy atom. The highest BCUT2D eigenvalue weighted by molar-refractivity contribution is 5.87. The lowest BCUT2D eigenvalue weighted by Crippen LogP contribution is -2.19. The van der Waals surface area contributed by atoms with Crippen LogP contribution in [0.15, 0.2) is 30.5 Å². The molecule has 2 rings (SSSR count). The number of nitrogens with two attached hydrogens (primary N) is 1. The summed E-state index contributed by atoms with van der Waals surface area (Å²) in [5.74, 6) is 0.394. The molecule has 1 aromatic carbocycles. The van der Waals surface area contributed by atoms with Gasteiger partial charge in [0.15, 0.2) is 0 Å². The molecule has 0 bridgehead atoms. The molecule has 0 radical (unpaired) electrons. The average Bonchev–Trinajstić information content (AvgIpc) is 2.79. The van der Waals surface area contributed by atoms with E-state index in [2.05, 4.69) is 29.6 Å². The Labute approximate surface area is 124 Å². The van der Waals surface area contributed by atoms with Gasteiger partial charge in [0.25, 0.3) is 0 Å². The molecule has 0 aliphatic carbocycles. The van der Waals surface area contributed by atoms with Gasteiger partial charge in [-0.3, -0.25) is 4.68 Å². The van der Waals surface area contributed by atoms with Crippen molar-refractivity contribution in [2.75, 3.05) is 10.6 Å². The molecule has 21 heavy (non-hydrogen) atoms. The molecule has 2 amide bonds. The van der Waals surface area contributed by atoms with Crippen molar-refractivity contribution in [2.45, 2.75) is 26.3 Å². The van der Waals surface area contributed by atoms with E-state index in [1.807, 2.05) is 30.1 Å². The fourth-order valence-corrected chi connectivity index (χ4v) is 2.19. The maximum absolute atomic E-state index is 10.8. The van der Waals surface area contributed by atoms with E-state index in [0.29, 0.717) is 18.2 Å². The lowest BCUT2D eigenvalue weighted by Gasteiger charge is -2.09. The van der Waals surface area contributed by atoms with Gasteiger partial charge in [-0.2, -0.15) is 5.10 Å². The fourth-order valence-electron chi connectivity index (χ4n) is 2.19. The first kappa shape index (κ1) is 14.9. The summed E-state index contributed by atoms with van der Waals surface area (Å²) in [6, 6.07) is 6.85. The Bertz CT molecular complexity index is 615. The van der Waals surface area contributed by atoms with Gasteiger partial charge >= 0.3 is 6.03 Å². The van der Waals surface area contributed by atoms with E-state index in [0.717, 1.165) is 11.4 Å². The summed E-state index contributed by atoms with van der Waals surface area (Å²) in [5.41, 5.74) is 9.02. The highest BCUT2D eigenvalue weighted by Crippen LogP contribution is 2.19. The van der Waals surface area contributed by atoms with Crippen LogP contribution < -0.4 is 16.4 Å². The number of nitrogens with zero attached hydrogens (tertiary/aromatic N) is 2. The molecule has 2 aromatic rings. The molecule has 0 aliphatic rings. The molecular formula is C15H21N5O. The number of benzene rings is 1. The molecule has 0 saturated carbocycles. The highest BCUT2D eigenvalue weighted by Gasteiger charge is 2.10. The van der Waals surface area contributed by atoms with Gasteiger partial charge in [-0.15, -0.1) is 0 Å². The van der Waals surface area contributed by atoms with Gasteiger partial charge in [0.1, 0.15) is 0 Å². The molecule has 0 atom stereocenters. The number of anilines is 2. The van der Waals surface area contributed by atoms with Gasteiger partial charge < -0.3 is 16.4 Å². The Hall–Kier alpha value is -2.50. The van der Waals surface area contributed by atoms with Gasteiger partial charge in [-0.25, -0.2) is 4.79 Å². The van der Waals surface area contributed by atoms with Crippen LogP contribution in [0.2, 0.25) is 0 Å². The third-order valence-corrected chi connectivity index (χ3v) is 3.12. The van der Waals surface area contributed by atoms with Crippen LogP contribution in [0.1, 0.15) is 31.0 Å². The summed E-state index contributed by atoms with van der Waals surface area (Å²) in [6.07, 6.45) is 2.03. The zero-order chi connectivity index (χ0) is 15.4. The first-order chi connectivity index (χ1) is 9.95. The van der Waals surface area contributed by atoms with Crippen LogP contribution in [0, 0.1) is 0 Å². The summed E-state index contributed by atoms with van der Waals surface area (Å²) in [7, 11) is 1.93. The smallest absolute Gasteiger partial charge is 0.316 e. The lowest BCUT2D eigenvalue weighted by molar-refractivity contribution is 0.259. The fraction of sp³-hybridized carbons (Fsp3) is 0.333. The van der Waals surface area contributed by atoms with Gasteiger partial charge in [0.2, 0.25) is 0 Å². The summed E-state index contributed by atoms with van der Waals surface area (Å²) in [4.78, 5) is 10.8. The van der Waals surface area contributed by atoms with E-state index in [1.54, 1.807) is 12.1 Å². The van der Waals surface area contributed by atoms with E-state index in [9.17, 15) is 4.79 Å². The molecule has 6 nitrogen and oxygen atoms in total. The second-order valence-corrected chi connectivity index (χ2v) is 5.29. The molecule has 0 aliphatic heterocycles. The Morgan fingerprint density at radius 2 is 1.90 bits per heavy atom. The van der Waals surface area contributed by atoms with Crippen molar-refractivity contribution < 1.29 is 4.79 Å². The normalized spacial score (nSPS) is 10.7. The number of rotatable bonds is 5.